The monoisotopic (exact) mass is 373 g/mol. The Morgan fingerprint density at radius 2 is 1.88 bits per heavy atom. The molecule has 2 N–H and O–H groups in total. The van der Waals surface area contributed by atoms with E-state index in [-0.39, 0.29) is 5.75 Å². The molecule has 1 aromatic rings. The van der Waals surface area contributed by atoms with E-state index in [1.165, 1.54) is 13.8 Å². The minimum absolute atomic E-state index is 0.0382. The molecule has 1 heterocycles. The van der Waals surface area contributed by atoms with Crippen LogP contribution in [0.15, 0.2) is 24.3 Å². The maximum absolute atomic E-state index is 12.5. The SMILES string of the molecule is CCC1(C)NC(=O)N(NC(=O)C(C)Oc2ccc(C(F)(F)F)cc2)C1=O. The van der Waals surface area contributed by atoms with Crippen molar-refractivity contribution in [2.75, 3.05) is 0 Å². The number of carbonyl (C=O) groups is 3. The third kappa shape index (κ3) is 3.89. The zero-order valence-electron chi connectivity index (χ0n) is 14.3. The van der Waals surface area contributed by atoms with Crippen molar-refractivity contribution in [3.8, 4) is 5.75 Å². The van der Waals surface area contributed by atoms with Gasteiger partial charge in [-0.2, -0.15) is 18.2 Å². The number of hydrazine groups is 1. The number of carbonyl (C=O) groups excluding carboxylic acids is 3. The number of hydrogen-bond donors (Lipinski definition) is 2. The highest BCUT2D eigenvalue weighted by molar-refractivity contribution is 6.07. The van der Waals surface area contributed by atoms with Crippen LogP contribution in [0.4, 0.5) is 18.0 Å². The van der Waals surface area contributed by atoms with Crippen molar-refractivity contribution in [1.29, 1.82) is 0 Å². The Kier molecular flexibility index (Phi) is 5.15. The fourth-order valence-electron chi connectivity index (χ4n) is 2.21. The van der Waals surface area contributed by atoms with Gasteiger partial charge in [0, 0.05) is 0 Å². The molecule has 1 aliphatic heterocycles. The summed E-state index contributed by atoms with van der Waals surface area (Å²) < 4.78 is 42.8. The number of alkyl halides is 3. The van der Waals surface area contributed by atoms with E-state index in [1.807, 2.05) is 0 Å². The quantitative estimate of drug-likeness (QED) is 0.775. The Hall–Kier alpha value is -2.78. The van der Waals surface area contributed by atoms with Crippen molar-refractivity contribution in [2.24, 2.45) is 0 Å². The van der Waals surface area contributed by atoms with Crippen LogP contribution in [0.25, 0.3) is 0 Å². The number of ether oxygens (including phenoxy) is 1. The van der Waals surface area contributed by atoms with Crippen molar-refractivity contribution in [1.82, 2.24) is 15.8 Å². The molecule has 7 nitrogen and oxygen atoms in total. The summed E-state index contributed by atoms with van der Waals surface area (Å²) in [5, 5.41) is 3.04. The van der Waals surface area contributed by atoms with E-state index in [0.717, 1.165) is 24.3 Å². The second-order valence-electron chi connectivity index (χ2n) is 6.01. The molecule has 0 aromatic heterocycles. The molecule has 0 aliphatic carbocycles. The first kappa shape index (κ1) is 19.5. The summed E-state index contributed by atoms with van der Waals surface area (Å²) in [5.41, 5.74) is 0.195. The summed E-state index contributed by atoms with van der Waals surface area (Å²) in [6, 6.07) is 3.03. The molecule has 4 amide bonds. The van der Waals surface area contributed by atoms with Gasteiger partial charge in [0.25, 0.3) is 11.8 Å². The third-order valence-electron chi connectivity index (χ3n) is 4.05. The molecule has 0 saturated carbocycles. The number of amides is 4. The minimum atomic E-state index is -4.48. The van der Waals surface area contributed by atoms with E-state index < -0.39 is 41.2 Å². The zero-order chi connectivity index (χ0) is 19.7. The minimum Gasteiger partial charge on any atom is -0.481 e. The summed E-state index contributed by atoms with van der Waals surface area (Å²) in [6.07, 6.45) is -5.29. The Balaban J connectivity index is 2.00. The van der Waals surface area contributed by atoms with Crippen LogP contribution in [0.2, 0.25) is 0 Å². The highest BCUT2D eigenvalue weighted by Crippen LogP contribution is 2.30. The van der Waals surface area contributed by atoms with Crippen LogP contribution in [0.3, 0.4) is 0 Å². The third-order valence-corrected chi connectivity index (χ3v) is 4.05. The topological polar surface area (TPSA) is 87.7 Å². The number of nitrogens with zero attached hydrogens (tertiary/aromatic N) is 1. The van der Waals surface area contributed by atoms with Crippen LogP contribution in [0.5, 0.6) is 5.75 Å². The smallest absolute Gasteiger partial charge is 0.416 e. The lowest BCUT2D eigenvalue weighted by Gasteiger charge is -2.21. The molecule has 0 bridgehead atoms. The average molecular weight is 373 g/mol. The van der Waals surface area contributed by atoms with Gasteiger partial charge in [-0.1, -0.05) is 6.92 Å². The molecule has 0 radical (unpaired) electrons. The number of hydrogen-bond acceptors (Lipinski definition) is 4. The number of nitrogens with one attached hydrogen (secondary N) is 2. The summed E-state index contributed by atoms with van der Waals surface area (Å²) in [7, 11) is 0. The van der Waals surface area contributed by atoms with Gasteiger partial charge in [0.05, 0.1) is 5.56 Å². The second-order valence-corrected chi connectivity index (χ2v) is 6.01. The molecular weight excluding hydrogens is 355 g/mol. The molecule has 26 heavy (non-hydrogen) atoms. The van der Waals surface area contributed by atoms with Crippen LogP contribution in [0.1, 0.15) is 32.8 Å². The lowest BCUT2D eigenvalue weighted by Crippen LogP contribution is -2.51. The second kappa shape index (κ2) is 6.85. The molecule has 2 atom stereocenters. The molecule has 142 valence electrons. The van der Waals surface area contributed by atoms with Gasteiger partial charge < -0.3 is 10.1 Å². The van der Waals surface area contributed by atoms with Gasteiger partial charge in [0.2, 0.25) is 0 Å². The lowest BCUT2D eigenvalue weighted by atomic mass is 10.00. The van der Waals surface area contributed by atoms with Gasteiger partial charge in [0.15, 0.2) is 6.10 Å². The van der Waals surface area contributed by atoms with Crippen LogP contribution in [-0.4, -0.2) is 34.5 Å². The van der Waals surface area contributed by atoms with Gasteiger partial charge in [-0.25, -0.2) is 4.79 Å². The van der Waals surface area contributed by atoms with Crippen molar-refractivity contribution in [2.45, 2.75) is 45.0 Å². The lowest BCUT2D eigenvalue weighted by molar-refractivity contribution is -0.141. The van der Waals surface area contributed by atoms with E-state index >= 15 is 0 Å². The number of urea groups is 1. The van der Waals surface area contributed by atoms with Gasteiger partial charge in [-0.15, -0.1) is 0 Å². The normalized spacial score (nSPS) is 21.4. The maximum atomic E-state index is 12.5. The van der Waals surface area contributed by atoms with Gasteiger partial charge in [-0.3, -0.25) is 15.0 Å². The molecule has 1 aromatic carbocycles. The van der Waals surface area contributed by atoms with Gasteiger partial charge in [0.1, 0.15) is 11.3 Å². The fraction of sp³-hybridized carbons (Fsp3) is 0.438. The highest BCUT2D eigenvalue weighted by Gasteiger charge is 2.47. The molecular formula is C16H18F3N3O4. The number of halogens is 3. The summed E-state index contributed by atoms with van der Waals surface area (Å²) in [6.45, 7) is 4.58. The van der Waals surface area contributed by atoms with Crippen LogP contribution in [-0.2, 0) is 15.8 Å². The van der Waals surface area contributed by atoms with Crippen molar-refractivity contribution in [3.63, 3.8) is 0 Å². The molecule has 2 unspecified atom stereocenters. The van der Waals surface area contributed by atoms with E-state index in [2.05, 4.69) is 10.7 Å². The predicted molar refractivity (Wildman–Crippen MR) is 83.8 cm³/mol. The summed E-state index contributed by atoms with van der Waals surface area (Å²) in [4.78, 5) is 36.2. The first-order valence-electron chi connectivity index (χ1n) is 7.79. The number of imide groups is 1. The summed E-state index contributed by atoms with van der Waals surface area (Å²) in [5.74, 6) is -1.37. The highest BCUT2D eigenvalue weighted by atomic mass is 19.4. The molecule has 1 aliphatic rings. The molecule has 10 heteroatoms. The molecule has 0 spiro atoms. The van der Waals surface area contributed by atoms with Crippen LogP contribution >= 0.6 is 0 Å². The van der Waals surface area contributed by atoms with Crippen LogP contribution < -0.4 is 15.5 Å². The molecule has 2 rings (SSSR count). The number of benzene rings is 1. The average Bonchev–Trinajstić information content (AvgIpc) is 2.78. The van der Waals surface area contributed by atoms with Gasteiger partial charge >= 0.3 is 12.2 Å². The standard InChI is InChI=1S/C16H18F3N3O4/c1-4-15(3)13(24)22(14(25)20-15)21-12(23)9(2)26-11-7-5-10(6-8-11)16(17,18)19/h5-9H,4H2,1-3H3,(H,20,25)(H,21,23). The van der Waals surface area contributed by atoms with E-state index in [1.54, 1.807) is 6.92 Å². The first-order chi connectivity index (χ1) is 12.0. The maximum Gasteiger partial charge on any atom is 0.416 e. The Morgan fingerprint density at radius 1 is 1.31 bits per heavy atom. The Bertz CT molecular complexity index is 720. The van der Waals surface area contributed by atoms with Crippen molar-refractivity contribution in [3.05, 3.63) is 29.8 Å². The first-order valence-corrected chi connectivity index (χ1v) is 7.79. The largest absolute Gasteiger partial charge is 0.481 e. The Labute approximate surface area is 147 Å². The predicted octanol–water partition coefficient (Wildman–Crippen LogP) is 2.22. The van der Waals surface area contributed by atoms with Crippen molar-refractivity contribution >= 4 is 17.8 Å². The Morgan fingerprint density at radius 3 is 2.35 bits per heavy atom. The molecule has 1 saturated heterocycles. The fourth-order valence-corrected chi connectivity index (χ4v) is 2.21. The summed E-state index contributed by atoms with van der Waals surface area (Å²) >= 11 is 0. The number of rotatable bonds is 5. The van der Waals surface area contributed by atoms with Crippen LogP contribution in [0, 0.1) is 0 Å². The van der Waals surface area contributed by atoms with Crippen molar-refractivity contribution < 1.29 is 32.3 Å². The van der Waals surface area contributed by atoms with Gasteiger partial charge in [-0.05, 0) is 44.5 Å². The van der Waals surface area contributed by atoms with E-state index in [9.17, 15) is 27.6 Å². The van der Waals surface area contributed by atoms with E-state index in [0.29, 0.717) is 11.4 Å². The molecule has 1 fully saturated rings. The van der Waals surface area contributed by atoms with E-state index in [4.69, 9.17) is 4.74 Å². The zero-order valence-corrected chi connectivity index (χ0v) is 14.3.